The Bertz CT molecular complexity index is 713. The largest absolute Gasteiger partial charge is 0.493 e. The molecule has 1 amide bonds. The molecular formula is C19H23NO4. The van der Waals surface area contributed by atoms with Crippen LogP contribution >= 0.6 is 0 Å². The molecule has 2 aromatic carbocycles. The molecule has 0 spiro atoms. The Morgan fingerprint density at radius 3 is 2.54 bits per heavy atom. The molecule has 0 atom stereocenters. The van der Waals surface area contributed by atoms with E-state index < -0.39 is 0 Å². The first kappa shape index (κ1) is 17.7. The maximum atomic E-state index is 12.1. The van der Waals surface area contributed by atoms with Gasteiger partial charge in [0.1, 0.15) is 5.75 Å². The Morgan fingerprint density at radius 2 is 1.83 bits per heavy atom. The van der Waals surface area contributed by atoms with Crippen LogP contribution in [0.15, 0.2) is 36.4 Å². The lowest BCUT2D eigenvalue weighted by atomic mass is 10.1. The molecule has 5 heteroatoms. The van der Waals surface area contributed by atoms with Crippen molar-refractivity contribution in [1.29, 1.82) is 0 Å². The van der Waals surface area contributed by atoms with Crippen LogP contribution in [-0.4, -0.2) is 26.2 Å². The molecule has 0 aliphatic rings. The summed E-state index contributed by atoms with van der Waals surface area (Å²) in [6.07, 6.45) is 0. The molecule has 0 fully saturated rings. The number of anilines is 1. The van der Waals surface area contributed by atoms with Gasteiger partial charge in [-0.25, -0.2) is 0 Å². The quantitative estimate of drug-likeness (QED) is 0.841. The predicted octanol–water partition coefficient (Wildman–Crippen LogP) is 3.73. The molecule has 2 aromatic rings. The first-order chi connectivity index (χ1) is 11.5. The second-order valence-electron chi connectivity index (χ2n) is 5.33. The van der Waals surface area contributed by atoms with E-state index in [9.17, 15) is 4.79 Å². The van der Waals surface area contributed by atoms with Gasteiger partial charge in [0, 0.05) is 11.8 Å². The average molecular weight is 329 g/mol. The third kappa shape index (κ3) is 4.41. The highest BCUT2D eigenvalue weighted by Gasteiger charge is 2.09. The fourth-order valence-corrected chi connectivity index (χ4v) is 2.24. The average Bonchev–Trinajstić information content (AvgIpc) is 2.57. The smallest absolute Gasteiger partial charge is 0.262 e. The van der Waals surface area contributed by atoms with Crippen LogP contribution in [0.5, 0.6) is 17.2 Å². The van der Waals surface area contributed by atoms with Gasteiger partial charge in [-0.1, -0.05) is 12.1 Å². The lowest BCUT2D eigenvalue weighted by Gasteiger charge is -2.13. The number of carbonyl (C=O) groups excluding carboxylic acids is 1. The minimum Gasteiger partial charge on any atom is -0.493 e. The van der Waals surface area contributed by atoms with Crippen LogP contribution in [0, 0.1) is 13.8 Å². The van der Waals surface area contributed by atoms with Crippen LogP contribution in [0.4, 0.5) is 5.69 Å². The van der Waals surface area contributed by atoms with Crippen molar-refractivity contribution in [2.24, 2.45) is 0 Å². The van der Waals surface area contributed by atoms with Crippen molar-refractivity contribution in [3.05, 3.63) is 47.5 Å². The van der Waals surface area contributed by atoms with Gasteiger partial charge in [0.15, 0.2) is 18.1 Å². The van der Waals surface area contributed by atoms with Gasteiger partial charge >= 0.3 is 0 Å². The van der Waals surface area contributed by atoms with Crippen molar-refractivity contribution in [2.45, 2.75) is 20.8 Å². The summed E-state index contributed by atoms with van der Waals surface area (Å²) in [5.41, 5.74) is 2.79. The standard InChI is InChI=1S/C19H23NO4/c1-5-23-17-10-9-15(11-18(17)22-4)20-19(21)12-24-16-8-6-7-13(2)14(16)3/h6-11H,5,12H2,1-4H3,(H,20,21). The van der Waals surface area contributed by atoms with E-state index in [0.717, 1.165) is 16.9 Å². The zero-order chi connectivity index (χ0) is 17.5. The number of methoxy groups -OCH3 is 1. The summed E-state index contributed by atoms with van der Waals surface area (Å²) in [5.74, 6) is 1.70. The Balaban J connectivity index is 1.98. The van der Waals surface area contributed by atoms with E-state index in [1.165, 1.54) is 0 Å². The summed E-state index contributed by atoms with van der Waals surface area (Å²) in [5, 5.41) is 2.79. The van der Waals surface area contributed by atoms with E-state index in [0.29, 0.717) is 23.8 Å². The SMILES string of the molecule is CCOc1ccc(NC(=O)COc2cccc(C)c2C)cc1OC. The van der Waals surface area contributed by atoms with Gasteiger partial charge in [-0.05, 0) is 50.1 Å². The lowest BCUT2D eigenvalue weighted by Crippen LogP contribution is -2.20. The molecular weight excluding hydrogens is 306 g/mol. The summed E-state index contributed by atoms with van der Waals surface area (Å²) < 4.78 is 16.3. The molecule has 0 bridgehead atoms. The van der Waals surface area contributed by atoms with Crippen molar-refractivity contribution in [3.8, 4) is 17.2 Å². The summed E-state index contributed by atoms with van der Waals surface area (Å²) >= 11 is 0. The van der Waals surface area contributed by atoms with Gasteiger partial charge in [0.05, 0.1) is 13.7 Å². The molecule has 0 heterocycles. The van der Waals surface area contributed by atoms with Crippen molar-refractivity contribution in [3.63, 3.8) is 0 Å². The molecule has 128 valence electrons. The van der Waals surface area contributed by atoms with Gasteiger partial charge in [-0.3, -0.25) is 4.79 Å². The highest BCUT2D eigenvalue weighted by Crippen LogP contribution is 2.30. The minimum atomic E-state index is -0.234. The molecule has 0 aliphatic heterocycles. The molecule has 5 nitrogen and oxygen atoms in total. The number of amides is 1. The zero-order valence-corrected chi connectivity index (χ0v) is 14.5. The molecule has 0 saturated carbocycles. The molecule has 1 N–H and O–H groups in total. The molecule has 24 heavy (non-hydrogen) atoms. The van der Waals surface area contributed by atoms with Crippen molar-refractivity contribution in [2.75, 3.05) is 25.6 Å². The fraction of sp³-hybridized carbons (Fsp3) is 0.316. The number of nitrogens with one attached hydrogen (secondary N) is 1. The van der Waals surface area contributed by atoms with Crippen LogP contribution in [0.25, 0.3) is 0 Å². The number of benzene rings is 2. The van der Waals surface area contributed by atoms with E-state index in [4.69, 9.17) is 14.2 Å². The lowest BCUT2D eigenvalue weighted by molar-refractivity contribution is -0.118. The molecule has 0 aromatic heterocycles. The summed E-state index contributed by atoms with van der Waals surface area (Å²) in [6.45, 7) is 6.37. The first-order valence-electron chi connectivity index (χ1n) is 7.84. The summed E-state index contributed by atoms with van der Waals surface area (Å²) in [6, 6.07) is 11.0. The van der Waals surface area contributed by atoms with Gasteiger partial charge < -0.3 is 19.5 Å². The van der Waals surface area contributed by atoms with Crippen molar-refractivity contribution < 1.29 is 19.0 Å². The van der Waals surface area contributed by atoms with Crippen LogP contribution in [0.1, 0.15) is 18.1 Å². The summed E-state index contributed by atoms with van der Waals surface area (Å²) in [7, 11) is 1.56. The van der Waals surface area contributed by atoms with Crippen LogP contribution in [0.2, 0.25) is 0 Å². The third-order valence-electron chi connectivity index (χ3n) is 3.66. The van der Waals surface area contributed by atoms with E-state index in [1.807, 2.05) is 39.0 Å². The Kier molecular flexibility index (Phi) is 6.07. The topological polar surface area (TPSA) is 56.8 Å². The number of hydrogen-bond acceptors (Lipinski definition) is 4. The molecule has 0 unspecified atom stereocenters. The molecule has 0 saturated heterocycles. The Hall–Kier alpha value is -2.69. The first-order valence-corrected chi connectivity index (χ1v) is 7.84. The molecule has 0 aliphatic carbocycles. The van der Waals surface area contributed by atoms with Crippen LogP contribution in [-0.2, 0) is 4.79 Å². The highest BCUT2D eigenvalue weighted by atomic mass is 16.5. The molecule has 2 rings (SSSR count). The Labute approximate surface area is 142 Å². The number of ether oxygens (including phenoxy) is 3. The fourth-order valence-electron chi connectivity index (χ4n) is 2.24. The van der Waals surface area contributed by atoms with E-state index in [1.54, 1.807) is 25.3 Å². The van der Waals surface area contributed by atoms with E-state index in [2.05, 4.69) is 5.32 Å². The number of carbonyl (C=O) groups is 1. The van der Waals surface area contributed by atoms with Crippen LogP contribution in [0.3, 0.4) is 0 Å². The van der Waals surface area contributed by atoms with Crippen molar-refractivity contribution >= 4 is 11.6 Å². The van der Waals surface area contributed by atoms with E-state index in [-0.39, 0.29) is 12.5 Å². The van der Waals surface area contributed by atoms with Crippen LogP contribution < -0.4 is 19.5 Å². The second-order valence-corrected chi connectivity index (χ2v) is 5.33. The number of hydrogen-bond donors (Lipinski definition) is 1. The summed E-state index contributed by atoms with van der Waals surface area (Å²) in [4.78, 5) is 12.1. The number of aryl methyl sites for hydroxylation is 1. The third-order valence-corrected chi connectivity index (χ3v) is 3.66. The normalized spacial score (nSPS) is 10.2. The Morgan fingerprint density at radius 1 is 1.04 bits per heavy atom. The van der Waals surface area contributed by atoms with Gasteiger partial charge in [0.25, 0.3) is 5.91 Å². The molecule has 0 radical (unpaired) electrons. The van der Waals surface area contributed by atoms with Gasteiger partial charge in [-0.2, -0.15) is 0 Å². The maximum absolute atomic E-state index is 12.1. The van der Waals surface area contributed by atoms with E-state index >= 15 is 0 Å². The zero-order valence-electron chi connectivity index (χ0n) is 14.5. The number of rotatable bonds is 7. The minimum absolute atomic E-state index is 0.0557. The monoisotopic (exact) mass is 329 g/mol. The van der Waals surface area contributed by atoms with Gasteiger partial charge in [-0.15, -0.1) is 0 Å². The predicted molar refractivity (Wildman–Crippen MR) is 94.2 cm³/mol. The second kappa shape index (κ2) is 8.24. The highest BCUT2D eigenvalue weighted by molar-refractivity contribution is 5.92. The van der Waals surface area contributed by atoms with Crippen molar-refractivity contribution in [1.82, 2.24) is 0 Å². The maximum Gasteiger partial charge on any atom is 0.262 e. The van der Waals surface area contributed by atoms with Gasteiger partial charge in [0.2, 0.25) is 0 Å².